The highest BCUT2D eigenvalue weighted by molar-refractivity contribution is 9.10. The van der Waals surface area contributed by atoms with Crippen LogP contribution in [0.25, 0.3) is 0 Å². The Labute approximate surface area is 145 Å². The average molecular weight is 379 g/mol. The third kappa shape index (κ3) is 5.40. The van der Waals surface area contributed by atoms with E-state index in [-0.39, 0.29) is 6.04 Å². The minimum atomic E-state index is 0.179. The van der Waals surface area contributed by atoms with E-state index < -0.39 is 0 Å². The Balaban J connectivity index is 2.05. The van der Waals surface area contributed by atoms with Crippen molar-refractivity contribution in [1.29, 1.82) is 0 Å². The molecule has 5 heteroatoms. The van der Waals surface area contributed by atoms with E-state index in [4.69, 9.17) is 12.2 Å². The molecule has 0 unspecified atom stereocenters. The van der Waals surface area contributed by atoms with Crippen molar-refractivity contribution < 1.29 is 4.90 Å². The fraction of sp³-hybridized carbons (Fsp3) is 0.235. The largest absolute Gasteiger partial charge is 0.350 e. The summed E-state index contributed by atoms with van der Waals surface area (Å²) in [6.07, 6.45) is 0. The molecular weight excluding hydrogens is 358 g/mol. The van der Waals surface area contributed by atoms with Gasteiger partial charge in [0.2, 0.25) is 0 Å². The van der Waals surface area contributed by atoms with Gasteiger partial charge in [0.1, 0.15) is 12.6 Å². The fourth-order valence-corrected chi connectivity index (χ4v) is 2.90. The molecule has 0 aliphatic rings. The highest BCUT2D eigenvalue weighted by Crippen LogP contribution is 2.16. The van der Waals surface area contributed by atoms with Crippen LogP contribution in [0, 0.1) is 0 Å². The molecule has 3 N–H and O–H groups in total. The first-order chi connectivity index (χ1) is 10.5. The van der Waals surface area contributed by atoms with Crippen molar-refractivity contribution >= 4 is 38.9 Å². The van der Waals surface area contributed by atoms with E-state index in [0.717, 1.165) is 16.7 Å². The van der Waals surface area contributed by atoms with E-state index in [1.54, 1.807) is 0 Å². The summed E-state index contributed by atoms with van der Waals surface area (Å²) in [6, 6.07) is 18.5. The van der Waals surface area contributed by atoms with Gasteiger partial charge in [-0.15, -0.1) is 0 Å². The second-order valence-corrected chi connectivity index (χ2v) is 6.81. The van der Waals surface area contributed by atoms with E-state index in [9.17, 15) is 0 Å². The Bertz CT molecular complexity index is 616. The van der Waals surface area contributed by atoms with E-state index in [2.05, 4.69) is 64.9 Å². The monoisotopic (exact) mass is 378 g/mol. The molecule has 0 spiro atoms. The summed E-state index contributed by atoms with van der Waals surface area (Å²) in [5, 5.41) is 7.29. The molecule has 0 amide bonds. The molecule has 0 saturated carbocycles. The molecule has 0 saturated heterocycles. The number of benzene rings is 2. The molecule has 2 aromatic carbocycles. The molecule has 2 rings (SSSR count). The van der Waals surface area contributed by atoms with Gasteiger partial charge in [-0.05, 0) is 36.0 Å². The highest BCUT2D eigenvalue weighted by Gasteiger charge is 2.15. The molecule has 3 nitrogen and oxygen atoms in total. The first-order valence-corrected chi connectivity index (χ1v) is 8.42. The Morgan fingerprint density at radius 3 is 2.50 bits per heavy atom. The summed E-state index contributed by atoms with van der Waals surface area (Å²) in [4.78, 5) is 1.37. The lowest BCUT2D eigenvalue weighted by Gasteiger charge is -2.22. The zero-order chi connectivity index (χ0) is 15.9. The topological polar surface area (TPSA) is 28.5 Å². The summed E-state index contributed by atoms with van der Waals surface area (Å²) in [5.74, 6) is 0. The summed E-state index contributed by atoms with van der Waals surface area (Å²) in [7, 11) is 4.28. The molecule has 0 aromatic heterocycles. The maximum atomic E-state index is 5.46. The molecule has 22 heavy (non-hydrogen) atoms. The van der Waals surface area contributed by atoms with Crippen LogP contribution in [0.3, 0.4) is 0 Å². The molecule has 116 valence electrons. The lowest BCUT2D eigenvalue weighted by atomic mass is 10.1. The summed E-state index contributed by atoms with van der Waals surface area (Å²) in [5.41, 5.74) is 2.21. The van der Waals surface area contributed by atoms with E-state index in [1.165, 1.54) is 10.5 Å². The van der Waals surface area contributed by atoms with Crippen molar-refractivity contribution in [2.75, 3.05) is 26.0 Å². The van der Waals surface area contributed by atoms with Crippen molar-refractivity contribution in [3.8, 4) is 0 Å². The molecule has 0 fully saturated rings. The predicted octanol–water partition coefficient (Wildman–Crippen LogP) is 2.62. The zero-order valence-corrected chi connectivity index (χ0v) is 15.2. The highest BCUT2D eigenvalue weighted by atomic mass is 79.9. The Kier molecular flexibility index (Phi) is 6.36. The minimum Gasteiger partial charge on any atom is -0.350 e. The molecule has 0 heterocycles. The SMILES string of the molecule is C[NH+](C)C[C@H](NC(=S)Nc1cccc(Br)c1)c1ccccc1. The number of anilines is 1. The van der Waals surface area contributed by atoms with Gasteiger partial charge >= 0.3 is 0 Å². The van der Waals surface area contributed by atoms with Crippen LogP contribution in [0.15, 0.2) is 59.1 Å². The molecule has 0 bridgehead atoms. The second kappa shape index (κ2) is 8.27. The summed E-state index contributed by atoms with van der Waals surface area (Å²) < 4.78 is 1.03. The fourth-order valence-electron chi connectivity index (χ4n) is 2.24. The lowest BCUT2D eigenvalue weighted by molar-refractivity contribution is -0.860. The van der Waals surface area contributed by atoms with Gasteiger partial charge in [-0.25, -0.2) is 0 Å². The maximum absolute atomic E-state index is 5.46. The molecule has 0 aliphatic heterocycles. The van der Waals surface area contributed by atoms with Crippen molar-refractivity contribution in [2.24, 2.45) is 0 Å². The lowest BCUT2D eigenvalue weighted by Crippen LogP contribution is -3.06. The van der Waals surface area contributed by atoms with Crippen LogP contribution in [0.5, 0.6) is 0 Å². The van der Waals surface area contributed by atoms with Crippen LogP contribution >= 0.6 is 28.1 Å². The number of hydrogen-bond acceptors (Lipinski definition) is 1. The van der Waals surface area contributed by atoms with Gasteiger partial charge in [0.15, 0.2) is 5.11 Å². The number of likely N-dealkylation sites (N-methyl/N-ethyl adjacent to an activating group) is 1. The molecule has 0 aliphatic carbocycles. The first-order valence-electron chi connectivity index (χ1n) is 7.21. The number of halogens is 1. The first kappa shape index (κ1) is 16.9. The number of rotatable bonds is 5. The number of thiocarbonyl (C=S) groups is 1. The maximum Gasteiger partial charge on any atom is 0.171 e. The van der Waals surface area contributed by atoms with Crippen LogP contribution in [-0.4, -0.2) is 25.8 Å². The van der Waals surface area contributed by atoms with Crippen LogP contribution in [0.4, 0.5) is 5.69 Å². The Morgan fingerprint density at radius 1 is 1.14 bits per heavy atom. The van der Waals surface area contributed by atoms with Gasteiger partial charge in [0.25, 0.3) is 0 Å². The van der Waals surface area contributed by atoms with Crippen molar-refractivity contribution in [3.63, 3.8) is 0 Å². The number of quaternary nitrogens is 1. The summed E-state index contributed by atoms with van der Waals surface area (Å²) >= 11 is 8.93. The third-order valence-electron chi connectivity index (χ3n) is 3.20. The van der Waals surface area contributed by atoms with Gasteiger partial charge in [-0.1, -0.05) is 52.3 Å². The van der Waals surface area contributed by atoms with Crippen LogP contribution in [0.1, 0.15) is 11.6 Å². The van der Waals surface area contributed by atoms with Crippen molar-refractivity contribution in [3.05, 3.63) is 64.6 Å². The van der Waals surface area contributed by atoms with Gasteiger partial charge in [0, 0.05) is 10.2 Å². The average Bonchev–Trinajstić information content (AvgIpc) is 2.47. The van der Waals surface area contributed by atoms with Crippen molar-refractivity contribution in [1.82, 2.24) is 5.32 Å². The second-order valence-electron chi connectivity index (χ2n) is 5.48. The smallest absolute Gasteiger partial charge is 0.171 e. The zero-order valence-electron chi connectivity index (χ0n) is 12.8. The van der Waals surface area contributed by atoms with E-state index in [0.29, 0.717) is 5.11 Å². The predicted molar refractivity (Wildman–Crippen MR) is 100 cm³/mol. The molecule has 2 aromatic rings. The van der Waals surface area contributed by atoms with E-state index >= 15 is 0 Å². The molecular formula is C17H21BrN3S+. The number of hydrogen-bond donors (Lipinski definition) is 3. The minimum absolute atomic E-state index is 0.179. The van der Waals surface area contributed by atoms with Crippen LogP contribution in [-0.2, 0) is 0 Å². The third-order valence-corrected chi connectivity index (χ3v) is 3.92. The Hall–Kier alpha value is -1.43. The summed E-state index contributed by atoms with van der Waals surface area (Å²) in [6.45, 7) is 0.949. The Morgan fingerprint density at radius 2 is 1.86 bits per heavy atom. The van der Waals surface area contributed by atoms with Gasteiger partial charge in [-0.3, -0.25) is 0 Å². The number of nitrogens with one attached hydrogen (secondary N) is 3. The molecule has 1 atom stereocenters. The van der Waals surface area contributed by atoms with Gasteiger partial charge < -0.3 is 15.5 Å². The van der Waals surface area contributed by atoms with Gasteiger partial charge in [0.05, 0.1) is 14.1 Å². The normalized spacial score (nSPS) is 12.0. The van der Waals surface area contributed by atoms with E-state index in [1.807, 2.05) is 30.3 Å². The quantitative estimate of drug-likeness (QED) is 0.698. The molecule has 0 radical (unpaired) electrons. The van der Waals surface area contributed by atoms with Gasteiger partial charge in [-0.2, -0.15) is 0 Å². The van der Waals surface area contributed by atoms with Crippen LogP contribution < -0.4 is 15.5 Å². The van der Waals surface area contributed by atoms with Crippen molar-refractivity contribution in [2.45, 2.75) is 6.04 Å². The van der Waals surface area contributed by atoms with Crippen LogP contribution in [0.2, 0.25) is 0 Å². The standard InChI is InChI=1S/C17H20BrN3S/c1-21(2)12-16(13-7-4-3-5-8-13)20-17(22)19-15-10-6-9-14(18)11-15/h3-11,16H,12H2,1-2H3,(H2,19,20,22)/p+1/t16-/m0/s1.